The Hall–Kier alpha value is -3.01. The third-order valence-corrected chi connectivity index (χ3v) is 7.35. The molecule has 1 N–H and O–H groups in total. The van der Waals surface area contributed by atoms with Gasteiger partial charge in [0.15, 0.2) is 0 Å². The Labute approximate surface area is 228 Å². The summed E-state index contributed by atoms with van der Waals surface area (Å²) in [5, 5.41) is 2.82. The van der Waals surface area contributed by atoms with Gasteiger partial charge in [-0.2, -0.15) is 0 Å². The van der Waals surface area contributed by atoms with Crippen LogP contribution in [0.1, 0.15) is 48.2 Å². The van der Waals surface area contributed by atoms with Crippen molar-refractivity contribution in [2.45, 2.75) is 33.6 Å². The molecule has 1 heterocycles. The minimum absolute atomic E-state index is 0.129. The number of nitrogens with one attached hydrogen (secondary N) is 1. The number of hydrogen-bond acceptors (Lipinski definition) is 7. The predicted molar refractivity (Wildman–Crippen MR) is 153 cm³/mol. The lowest BCUT2D eigenvalue weighted by molar-refractivity contribution is -0.122. The van der Waals surface area contributed by atoms with Crippen LogP contribution >= 0.6 is 24.0 Å². The molecule has 1 saturated heterocycles. The molecule has 9 heteroatoms. The van der Waals surface area contributed by atoms with Crippen molar-refractivity contribution >= 4 is 57.8 Å². The first kappa shape index (κ1) is 28.6. The lowest BCUT2D eigenvalue weighted by atomic mass is 10.1. The minimum Gasteiger partial charge on any atom is -0.461 e. The number of hydrogen-bond donors (Lipinski definition) is 1. The highest BCUT2D eigenvalue weighted by Gasteiger charge is 2.31. The van der Waals surface area contributed by atoms with Crippen LogP contribution in [0.5, 0.6) is 0 Å². The van der Waals surface area contributed by atoms with Crippen molar-refractivity contribution < 1.29 is 19.1 Å². The smallest absolute Gasteiger partial charge is 0.338 e. The number of amides is 2. The second kappa shape index (κ2) is 14.1. The van der Waals surface area contributed by atoms with Gasteiger partial charge in [-0.3, -0.25) is 14.5 Å². The number of esters is 1. The number of likely N-dealkylation sites (N-methyl/N-ethyl adjacent to an activating group) is 1. The number of nitrogens with zero attached hydrogens (tertiary/aromatic N) is 2. The molecule has 0 unspecified atom stereocenters. The molecule has 0 atom stereocenters. The van der Waals surface area contributed by atoms with Crippen molar-refractivity contribution in [2.24, 2.45) is 0 Å². The average Bonchev–Trinajstić information content (AvgIpc) is 3.15. The van der Waals surface area contributed by atoms with Crippen LogP contribution in [0.3, 0.4) is 0 Å². The number of ether oxygens (including phenoxy) is 1. The molecule has 37 heavy (non-hydrogen) atoms. The van der Waals surface area contributed by atoms with E-state index in [1.54, 1.807) is 29.2 Å². The highest BCUT2D eigenvalue weighted by molar-refractivity contribution is 8.26. The van der Waals surface area contributed by atoms with E-state index in [4.69, 9.17) is 17.0 Å². The Balaban J connectivity index is 1.42. The summed E-state index contributed by atoms with van der Waals surface area (Å²) in [6.45, 7) is 9.39. The van der Waals surface area contributed by atoms with Crippen LogP contribution in [0, 0.1) is 6.92 Å². The first-order chi connectivity index (χ1) is 17.8. The van der Waals surface area contributed by atoms with Crippen LogP contribution in [0.15, 0.2) is 53.4 Å². The van der Waals surface area contributed by atoms with Crippen LogP contribution in [-0.2, 0) is 14.3 Å². The number of aryl methyl sites for hydroxylation is 1. The molecular formula is C28H33N3O4S2. The molecule has 0 radical (unpaired) electrons. The zero-order valence-electron chi connectivity index (χ0n) is 21.5. The lowest BCUT2D eigenvalue weighted by Gasteiger charge is -2.17. The molecule has 0 aliphatic carbocycles. The molecule has 2 aromatic rings. The Kier molecular flexibility index (Phi) is 10.9. The van der Waals surface area contributed by atoms with Gasteiger partial charge in [-0.15, -0.1) is 0 Å². The number of carbonyl (C=O) groups excluding carboxylic acids is 3. The fourth-order valence-corrected chi connectivity index (χ4v) is 5.02. The molecule has 0 spiro atoms. The van der Waals surface area contributed by atoms with E-state index in [0.717, 1.165) is 24.2 Å². The minimum atomic E-state index is -0.384. The zero-order valence-corrected chi connectivity index (χ0v) is 23.1. The Morgan fingerprint density at radius 1 is 1.08 bits per heavy atom. The van der Waals surface area contributed by atoms with Gasteiger partial charge in [0.1, 0.15) is 10.9 Å². The summed E-state index contributed by atoms with van der Waals surface area (Å²) >= 11 is 6.67. The van der Waals surface area contributed by atoms with Crippen molar-refractivity contribution in [3.05, 3.63) is 70.1 Å². The van der Waals surface area contributed by atoms with Crippen LogP contribution in [-0.4, -0.2) is 64.7 Å². The van der Waals surface area contributed by atoms with Crippen molar-refractivity contribution in [2.75, 3.05) is 38.1 Å². The SMILES string of the molecule is CCN(CC)CCOC(=O)c1ccc(NC(=O)CCCN2C(=O)/C(=C\c3ccc(C)cc3)SC2=S)cc1. The number of thiocarbonyl (C=S) groups is 1. The fourth-order valence-electron chi connectivity index (χ4n) is 3.71. The number of benzene rings is 2. The molecular weight excluding hydrogens is 506 g/mol. The number of anilines is 1. The molecule has 3 rings (SSSR count). The number of rotatable bonds is 12. The summed E-state index contributed by atoms with van der Waals surface area (Å²) < 4.78 is 5.83. The van der Waals surface area contributed by atoms with Gasteiger partial charge < -0.3 is 15.0 Å². The van der Waals surface area contributed by atoms with Crippen molar-refractivity contribution in [1.82, 2.24) is 9.80 Å². The molecule has 0 saturated carbocycles. The highest BCUT2D eigenvalue weighted by Crippen LogP contribution is 2.32. The molecule has 0 bridgehead atoms. The largest absolute Gasteiger partial charge is 0.461 e. The molecule has 0 aromatic heterocycles. The van der Waals surface area contributed by atoms with Crippen LogP contribution < -0.4 is 5.32 Å². The number of carbonyl (C=O) groups is 3. The van der Waals surface area contributed by atoms with E-state index in [1.165, 1.54) is 11.8 Å². The van der Waals surface area contributed by atoms with E-state index in [-0.39, 0.29) is 24.2 Å². The lowest BCUT2D eigenvalue weighted by Crippen LogP contribution is -2.29. The quantitative estimate of drug-likeness (QED) is 0.228. The van der Waals surface area contributed by atoms with Crippen LogP contribution in [0.4, 0.5) is 5.69 Å². The van der Waals surface area contributed by atoms with E-state index < -0.39 is 0 Å². The maximum atomic E-state index is 12.8. The van der Waals surface area contributed by atoms with Gasteiger partial charge in [-0.05, 0) is 62.3 Å². The first-order valence-corrected chi connectivity index (χ1v) is 13.6. The van der Waals surface area contributed by atoms with Gasteiger partial charge in [0, 0.05) is 25.2 Å². The maximum absolute atomic E-state index is 12.8. The van der Waals surface area contributed by atoms with E-state index in [2.05, 4.69) is 24.1 Å². The van der Waals surface area contributed by atoms with Crippen LogP contribution in [0.25, 0.3) is 6.08 Å². The molecule has 1 aliphatic heterocycles. The van der Waals surface area contributed by atoms with E-state index in [1.807, 2.05) is 37.3 Å². The van der Waals surface area contributed by atoms with Crippen molar-refractivity contribution in [1.29, 1.82) is 0 Å². The number of thioether (sulfide) groups is 1. The Morgan fingerprint density at radius 2 is 1.76 bits per heavy atom. The topological polar surface area (TPSA) is 79.0 Å². The first-order valence-electron chi connectivity index (χ1n) is 12.4. The molecule has 1 fully saturated rings. The van der Waals surface area contributed by atoms with Crippen LogP contribution in [0.2, 0.25) is 0 Å². The molecule has 2 aromatic carbocycles. The van der Waals surface area contributed by atoms with Gasteiger partial charge in [-0.25, -0.2) is 4.79 Å². The van der Waals surface area contributed by atoms with Gasteiger partial charge >= 0.3 is 5.97 Å². The van der Waals surface area contributed by atoms with Gasteiger partial charge in [0.2, 0.25) is 5.91 Å². The maximum Gasteiger partial charge on any atom is 0.338 e. The fraction of sp³-hybridized carbons (Fsp3) is 0.357. The average molecular weight is 540 g/mol. The Morgan fingerprint density at radius 3 is 2.41 bits per heavy atom. The van der Waals surface area contributed by atoms with E-state index in [0.29, 0.717) is 46.6 Å². The normalized spacial score (nSPS) is 14.5. The predicted octanol–water partition coefficient (Wildman–Crippen LogP) is 5.11. The summed E-state index contributed by atoms with van der Waals surface area (Å²) in [4.78, 5) is 41.7. The van der Waals surface area contributed by atoms with Gasteiger partial charge in [0.25, 0.3) is 5.91 Å². The Bertz CT molecular complexity index is 1140. The summed E-state index contributed by atoms with van der Waals surface area (Å²) in [6.07, 6.45) is 2.56. The van der Waals surface area contributed by atoms with E-state index in [9.17, 15) is 14.4 Å². The second-order valence-electron chi connectivity index (χ2n) is 8.64. The van der Waals surface area contributed by atoms with E-state index >= 15 is 0 Å². The summed E-state index contributed by atoms with van der Waals surface area (Å²) in [5.74, 6) is -0.685. The zero-order chi connectivity index (χ0) is 26.8. The third kappa shape index (κ3) is 8.52. The van der Waals surface area contributed by atoms with Crippen molar-refractivity contribution in [3.8, 4) is 0 Å². The molecule has 2 amide bonds. The summed E-state index contributed by atoms with van der Waals surface area (Å²) in [5.41, 5.74) is 3.13. The van der Waals surface area contributed by atoms with Gasteiger partial charge in [-0.1, -0.05) is 67.7 Å². The summed E-state index contributed by atoms with van der Waals surface area (Å²) in [7, 11) is 0. The summed E-state index contributed by atoms with van der Waals surface area (Å²) in [6, 6.07) is 14.6. The highest BCUT2D eigenvalue weighted by atomic mass is 32.2. The van der Waals surface area contributed by atoms with Gasteiger partial charge in [0.05, 0.1) is 10.5 Å². The molecule has 7 nitrogen and oxygen atoms in total. The molecule has 196 valence electrons. The standard InChI is InChI=1S/C28H33N3O4S2/c1-4-30(5-2)17-18-35-27(34)22-12-14-23(15-13-22)29-25(32)7-6-16-31-26(33)24(37-28(31)36)19-21-10-8-20(3)9-11-21/h8-15,19H,4-7,16-18H2,1-3H3,(H,29,32)/b24-19+. The molecule has 1 aliphatic rings. The third-order valence-electron chi connectivity index (χ3n) is 5.97. The van der Waals surface area contributed by atoms with Crippen molar-refractivity contribution in [3.63, 3.8) is 0 Å². The monoisotopic (exact) mass is 539 g/mol. The second-order valence-corrected chi connectivity index (χ2v) is 10.3.